The van der Waals surface area contributed by atoms with E-state index in [0.29, 0.717) is 17.7 Å². The first-order valence-electron chi connectivity index (χ1n) is 3.75. The SMILES string of the molecule is Cc1c(C(=O)O)sc2c1C(=O)NC2. The molecule has 0 fully saturated rings. The number of carboxylic acid groups (broad SMARTS) is 1. The summed E-state index contributed by atoms with van der Waals surface area (Å²) < 4.78 is 0. The molecule has 2 N–H and O–H groups in total. The quantitative estimate of drug-likeness (QED) is 0.705. The first kappa shape index (κ1) is 8.25. The van der Waals surface area contributed by atoms with Crippen LogP contribution in [0.5, 0.6) is 0 Å². The fourth-order valence-corrected chi connectivity index (χ4v) is 2.53. The summed E-state index contributed by atoms with van der Waals surface area (Å²) in [6, 6.07) is 0. The second kappa shape index (κ2) is 2.56. The Morgan fingerprint density at radius 2 is 2.31 bits per heavy atom. The summed E-state index contributed by atoms with van der Waals surface area (Å²) >= 11 is 1.18. The van der Waals surface area contributed by atoms with Crippen LogP contribution in [-0.2, 0) is 6.54 Å². The van der Waals surface area contributed by atoms with Crippen molar-refractivity contribution < 1.29 is 14.7 Å². The van der Waals surface area contributed by atoms with Gasteiger partial charge < -0.3 is 10.4 Å². The third kappa shape index (κ3) is 1.04. The highest BCUT2D eigenvalue weighted by Gasteiger charge is 2.28. The lowest BCUT2D eigenvalue weighted by Gasteiger charge is -1.94. The lowest BCUT2D eigenvalue weighted by molar-refractivity contribution is 0.0701. The number of amides is 1. The Hall–Kier alpha value is -1.36. The molecular formula is C8H7NO3S. The van der Waals surface area contributed by atoms with E-state index in [1.54, 1.807) is 6.92 Å². The molecular weight excluding hydrogens is 190 g/mol. The number of carbonyl (C=O) groups is 2. The molecule has 1 amide bonds. The van der Waals surface area contributed by atoms with Gasteiger partial charge in [0.1, 0.15) is 4.88 Å². The summed E-state index contributed by atoms with van der Waals surface area (Å²) in [5.41, 5.74) is 1.14. The molecule has 5 heteroatoms. The van der Waals surface area contributed by atoms with Crippen molar-refractivity contribution in [3.05, 3.63) is 20.9 Å². The van der Waals surface area contributed by atoms with Crippen molar-refractivity contribution in [2.45, 2.75) is 13.5 Å². The van der Waals surface area contributed by atoms with E-state index in [0.717, 1.165) is 4.88 Å². The van der Waals surface area contributed by atoms with Crippen LogP contribution in [0.25, 0.3) is 0 Å². The van der Waals surface area contributed by atoms with Crippen LogP contribution in [0.2, 0.25) is 0 Å². The van der Waals surface area contributed by atoms with E-state index in [9.17, 15) is 9.59 Å². The van der Waals surface area contributed by atoms with Crippen LogP contribution in [0.3, 0.4) is 0 Å². The Labute approximate surface area is 78.2 Å². The molecule has 0 aliphatic carbocycles. The molecule has 0 aromatic carbocycles. The van der Waals surface area contributed by atoms with Gasteiger partial charge in [-0.2, -0.15) is 0 Å². The number of carbonyl (C=O) groups excluding carboxylic acids is 1. The molecule has 4 nitrogen and oxygen atoms in total. The van der Waals surface area contributed by atoms with Crippen LogP contribution < -0.4 is 5.32 Å². The van der Waals surface area contributed by atoms with Crippen molar-refractivity contribution in [3.8, 4) is 0 Å². The number of rotatable bonds is 1. The van der Waals surface area contributed by atoms with Crippen LogP contribution in [0, 0.1) is 6.92 Å². The summed E-state index contributed by atoms with van der Waals surface area (Å²) in [5.74, 6) is -1.11. The zero-order valence-corrected chi connectivity index (χ0v) is 7.70. The molecule has 0 saturated carbocycles. The molecule has 1 aliphatic rings. The molecule has 0 spiro atoms. The fraction of sp³-hybridized carbons (Fsp3) is 0.250. The minimum Gasteiger partial charge on any atom is -0.477 e. The van der Waals surface area contributed by atoms with Crippen molar-refractivity contribution in [2.75, 3.05) is 0 Å². The van der Waals surface area contributed by atoms with Gasteiger partial charge in [0.2, 0.25) is 0 Å². The predicted molar refractivity (Wildman–Crippen MR) is 47.2 cm³/mol. The molecule has 1 aliphatic heterocycles. The fourth-order valence-electron chi connectivity index (χ4n) is 1.45. The van der Waals surface area contributed by atoms with Gasteiger partial charge in [0.15, 0.2) is 0 Å². The maximum Gasteiger partial charge on any atom is 0.346 e. The highest BCUT2D eigenvalue weighted by Crippen LogP contribution is 2.31. The van der Waals surface area contributed by atoms with E-state index < -0.39 is 5.97 Å². The average Bonchev–Trinajstić information content (AvgIpc) is 2.55. The van der Waals surface area contributed by atoms with Crippen LogP contribution in [0.4, 0.5) is 0 Å². The zero-order valence-electron chi connectivity index (χ0n) is 6.88. The van der Waals surface area contributed by atoms with Gasteiger partial charge in [0.05, 0.1) is 12.1 Å². The monoisotopic (exact) mass is 197 g/mol. The molecule has 1 aromatic rings. The van der Waals surface area contributed by atoms with Crippen molar-refractivity contribution in [3.63, 3.8) is 0 Å². The topological polar surface area (TPSA) is 66.4 Å². The normalized spacial score (nSPS) is 14.1. The molecule has 0 bridgehead atoms. The van der Waals surface area contributed by atoms with E-state index in [1.165, 1.54) is 11.3 Å². The Morgan fingerprint density at radius 1 is 1.62 bits per heavy atom. The van der Waals surface area contributed by atoms with E-state index in [1.807, 2.05) is 0 Å². The minimum absolute atomic E-state index is 0.156. The van der Waals surface area contributed by atoms with Gasteiger partial charge in [0, 0.05) is 4.88 Å². The smallest absolute Gasteiger partial charge is 0.346 e. The number of nitrogens with one attached hydrogen (secondary N) is 1. The number of aromatic carboxylic acids is 1. The van der Waals surface area contributed by atoms with Crippen molar-refractivity contribution in [2.24, 2.45) is 0 Å². The van der Waals surface area contributed by atoms with E-state index in [4.69, 9.17) is 5.11 Å². The van der Waals surface area contributed by atoms with Crippen LogP contribution in [0.1, 0.15) is 30.5 Å². The number of hydrogen-bond acceptors (Lipinski definition) is 3. The maximum atomic E-state index is 11.2. The van der Waals surface area contributed by atoms with Gasteiger partial charge in [-0.25, -0.2) is 4.79 Å². The van der Waals surface area contributed by atoms with E-state index in [-0.39, 0.29) is 10.8 Å². The number of hydrogen-bond donors (Lipinski definition) is 2. The van der Waals surface area contributed by atoms with Gasteiger partial charge in [-0.05, 0) is 12.5 Å². The lowest BCUT2D eigenvalue weighted by Crippen LogP contribution is -2.14. The van der Waals surface area contributed by atoms with E-state index >= 15 is 0 Å². The van der Waals surface area contributed by atoms with Gasteiger partial charge in [-0.15, -0.1) is 11.3 Å². The zero-order chi connectivity index (χ0) is 9.59. The van der Waals surface area contributed by atoms with Gasteiger partial charge in [-0.3, -0.25) is 4.79 Å². The Morgan fingerprint density at radius 3 is 2.85 bits per heavy atom. The second-order valence-corrected chi connectivity index (χ2v) is 3.95. The Bertz CT molecular complexity index is 408. The summed E-state index contributed by atoms with van der Waals surface area (Å²) in [7, 11) is 0. The molecule has 2 rings (SSSR count). The maximum absolute atomic E-state index is 11.2. The first-order valence-corrected chi connectivity index (χ1v) is 4.56. The largest absolute Gasteiger partial charge is 0.477 e. The van der Waals surface area contributed by atoms with Gasteiger partial charge >= 0.3 is 5.97 Å². The second-order valence-electron chi connectivity index (χ2n) is 2.84. The first-order chi connectivity index (χ1) is 6.11. The molecule has 0 atom stereocenters. The summed E-state index contributed by atoms with van der Waals surface area (Å²) in [6.07, 6.45) is 0. The molecule has 2 heterocycles. The minimum atomic E-state index is -0.954. The molecule has 1 aromatic heterocycles. The van der Waals surface area contributed by atoms with Gasteiger partial charge in [-0.1, -0.05) is 0 Å². The number of fused-ring (bicyclic) bond motifs is 1. The van der Waals surface area contributed by atoms with Gasteiger partial charge in [0.25, 0.3) is 5.91 Å². The Kier molecular flexibility index (Phi) is 1.63. The summed E-state index contributed by atoms with van der Waals surface area (Å²) in [5, 5.41) is 11.4. The summed E-state index contributed by atoms with van der Waals surface area (Å²) in [4.78, 5) is 23.0. The van der Waals surface area contributed by atoms with Crippen LogP contribution in [-0.4, -0.2) is 17.0 Å². The standard InChI is InChI=1S/C8H7NO3S/c1-3-5-4(2-9-7(5)10)13-6(3)8(11)12/h2H2,1H3,(H,9,10)(H,11,12). The molecule has 0 saturated heterocycles. The molecule has 0 radical (unpaired) electrons. The highest BCUT2D eigenvalue weighted by molar-refractivity contribution is 7.14. The predicted octanol–water partition coefficient (Wildman–Crippen LogP) is 0.998. The molecule has 0 unspecified atom stereocenters. The number of carboxylic acids is 1. The number of thiophene rings is 1. The lowest BCUT2D eigenvalue weighted by atomic mass is 10.1. The van der Waals surface area contributed by atoms with E-state index in [2.05, 4.69) is 5.32 Å². The van der Waals surface area contributed by atoms with Crippen molar-refractivity contribution >= 4 is 23.2 Å². The molecule has 13 heavy (non-hydrogen) atoms. The average molecular weight is 197 g/mol. The van der Waals surface area contributed by atoms with Crippen molar-refractivity contribution in [1.29, 1.82) is 0 Å². The third-order valence-corrected chi connectivity index (χ3v) is 3.33. The highest BCUT2D eigenvalue weighted by atomic mass is 32.1. The van der Waals surface area contributed by atoms with Crippen molar-refractivity contribution in [1.82, 2.24) is 5.32 Å². The van der Waals surface area contributed by atoms with Crippen LogP contribution in [0.15, 0.2) is 0 Å². The third-order valence-electron chi connectivity index (χ3n) is 2.05. The summed E-state index contributed by atoms with van der Waals surface area (Å²) in [6.45, 7) is 2.14. The Balaban J connectivity index is 2.62. The molecule has 68 valence electrons. The van der Waals surface area contributed by atoms with Crippen LogP contribution >= 0.6 is 11.3 Å².